The predicted octanol–water partition coefficient (Wildman–Crippen LogP) is 3.46. The number of carbonyl (C=O) groups is 2. The van der Waals surface area contributed by atoms with Gasteiger partial charge in [-0.05, 0) is 32.3 Å². The Morgan fingerprint density at radius 1 is 1.23 bits per heavy atom. The maximum Gasteiger partial charge on any atom is 0.309 e. The van der Waals surface area contributed by atoms with Crippen LogP contribution in [0.15, 0.2) is 30.3 Å². The zero-order chi connectivity index (χ0) is 18.5. The number of hydrogen-bond acceptors (Lipinski definition) is 5. The Kier molecular flexibility index (Phi) is 6.04. The van der Waals surface area contributed by atoms with Crippen LogP contribution >= 0.6 is 11.3 Å². The third-order valence-corrected chi connectivity index (χ3v) is 5.78. The molecule has 0 N–H and O–H groups in total. The quantitative estimate of drug-likeness (QED) is 0.754. The van der Waals surface area contributed by atoms with Crippen LogP contribution in [0.4, 0.5) is 0 Å². The van der Waals surface area contributed by atoms with Crippen LogP contribution in [0.25, 0.3) is 0 Å². The van der Waals surface area contributed by atoms with Gasteiger partial charge in [0, 0.05) is 19.5 Å². The smallest absolute Gasteiger partial charge is 0.309 e. The summed E-state index contributed by atoms with van der Waals surface area (Å²) in [5.41, 5.74) is 1.98. The van der Waals surface area contributed by atoms with E-state index in [-0.39, 0.29) is 17.8 Å². The largest absolute Gasteiger partial charge is 0.466 e. The Bertz CT molecular complexity index is 765. The summed E-state index contributed by atoms with van der Waals surface area (Å²) in [7, 11) is 0. The molecule has 2 aromatic rings. The molecule has 1 aliphatic heterocycles. The first-order valence-electron chi connectivity index (χ1n) is 9.04. The molecule has 138 valence electrons. The Morgan fingerprint density at radius 3 is 2.58 bits per heavy atom. The monoisotopic (exact) mass is 372 g/mol. The van der Waals surface area contributed by atoms with Crippen LogP contribution in [0.5, 0.6) is 0 Å². The second-order valence-corrected chi connectivity index (χ2v) is 7.59. The number of benzene rings is 1. The maximum atomic E-state index is 12.9. The van der Waals surface area contributed by atoms with Gasteiger partial charge in [-0.2, -0.15) is 0 Å². The number of likely N-dealkylation sites (tertiary alicyclic amines) is 1. The van der Waals surface area contributed by atoms with Crippen molar-refractivity contribution in [2.75, 3.05) is 19.7 Å². The number of piperidine rings is 1. The van der Waals surface area contributed by atoms with Gasteiger partial charge in [0.25, 0.3) is 5.91 Å². The van der Waals surface area contributed by atoms with Crippen LogP contribution in [0.1, 0.15) is 45.7 Å². The molecular formula is C20H24N2O3S. The third-order valence-electron chi connectivity index (χ3n) is 4.64. The van der Waals surface area contributed by atoms with E-state index in [2.05, 4.69) is 17.1 Å². The van der Waals surface area contributed by atoms with E-state index in [1.807, 2.05) is 36.9 Å². The number of hydrogen-bond donors (Lipinski definition) is 0. The average molecular weight is 372 g/mol. The Balaban J connectivity index is 1.63. The van der Waals surface area contributed by atoms with E-state index in [1.54, 1.807) is 0 Å². The second-order valence-electron chi connectivity index (χ2n) is 6.50. The van der Waals surface area contributed by atoms with E-state index < -0.39 is 0 Å². The standard InChI is InChI=1S/C20H24N2O3S/c1-3-25-20(24)16-9-11-22(12-10-16)19(23)18-14(2)21-17(26-18)13-15-7-5-4-6-8-15/h4-8,16H,3,9-13H2,1-2H3. The van der Waals surface area contributed by atoms with Gasteiger partial charge in [0.15, 0.2) is 0 Å². The number of esters is 1. The molecule has 1 aromatic heterocycles. The highest BCUT2D eigenvalue weighted by atomic mass is 32.1. The molecular weight excluding hydrogens is 348 g/mol. The van der Waals surface area contributed by atoms with Gasteiger partial charge >= 0.3 is 5.97 Å². The number of aryl methyl sites for hydroxylation is 1. The highest BCUT2D eigenvalue weighted by Crippen LogP contribution is 2.25. The van der Waals surface area contributed by atoms with Crippen molar-refractivity contribution < 1.29 is 14.3 Å². The average Bonchev–Trinajstić information content (AvgIpc) is 3.02. The van der Waals surface area contributed by atoms with Crippen molar-refractivity contribution in [2.45, 2.75) is 33.1 Å². The fourth-order valence-corrected chi connectivity index (χ4v) is 4.29. The fraction of sp³-hybridized carbons (Fsp3) is 0.450. The molecule has 6 heteroatoms. The number of nitrogens with zero attached hydrogens (tertiary/aromatic N) is 2. The Hall–Kier alpha value is -2.21. The molecule has 1 fully saturated rings. The van der Waals surface area contributed by atoms with E-state index in [0.29, 0.717) is 37.4 Å². The summed E-state index contributed by atoms with van der Waals surface area (Å²) >= 11 is 1.48. The molecule has 0 atom stereocenters. The van der Waals surface area contributed by atoms with E-state index in [4.69, 9.17) is 4.74 Å². The van der Waals surface area contributed by atoms with Gasteiger partial charge in [-0.25, -0.2) is 4.98 Å². The minimum Gasteiger partial charge on any atom is -0.466 e. The van der Waals surface area contributed by atoms with Crippen molar-refractivity contribution in [3.63, 3.8) is 0 Å². The molecule has 5 nitrogen and oxygen atoms in total. The van der Waals surface area contributed by atoms with Gasteiger partial charge in [-0.3, -0.25) is 9.59 Å². The van der Waals surface area contributed by atoms with Crippen LogP contribution in [0, 0.1) is 12.8 Å². The summed E-state index contributed by atoms with van der Waals surface area (Å²) in [4.78, 5) is 31.8. The van der Waals surface area contributed by atoms with Crippen molar-refractivity contribution in [1.29, 1.82) is 0 Å². The zero-order valence-corrected chi connectivity index (χ0v) is 16.1. The predicted molar refractivity (Wildman–Crippen MR) is 101 cm³/mol. The van der Waals surface area contributed by atoms with Gasteiger partial charge in [-0.15, -0.1) is 11.3 Å². The van der Waals surface area contributed by atoms with Crippen LogP contribution < -0.4 is 0 Å². The lowest BCUT2D eigenvalue weighted by molar-refractivity contribution is -0.149. The Labute approximate surface area is 158 Å². The first kappa shape index (κ1) is 18.6. The van der Waals surface area contributed by atoms with Crippen molar-refractivity contribution in [2.24, 2.45) is 5.92 Å². The molecule has 0 radical (unpaired) electrons. The number of carbonyl (C=O) groups excluding carboxylic acids is 2. The summed E-state index contributed by atoms with van der Waals surface area (Å²) in [6.07, 6.45) is 2.07. The Morgan fingerprint density at radius 2 is 1.92 bits per heavy atom. The molecule has 1 aromatic carbocycles. The number of ether oxygens (including phenoxy) is 1. The lowest BCUT2D eigenvalue weighted by atomic mass is 9.97. The summed E-state index contributed by atoms with van der Waals surface area (Å²) < 4.78 is 5.09. The molecule has 0 unspecified atom stereocenters. The topological polar surface area (TPSA) is 59.5 Å². The van der Waals surface area contributed by atoms with Crippen LogP contribution in [0.2, 0.25) is 0 Å². The molecule has 2 heterocycles. The lowest BCUT2D eigenvalue weighted by Gasteiger charge is -2.30. The number of thiazole rings is 1. The first-order valence-corrected chi connectivity index (χ1v) is 9.86. The van der Waals surface area contributed by atoms with Gasteiger partial charge in [0.2, 0.25) is 0 Å². The number of amides is 1. The normalized spacial score (nSPS) is 15.1. The third kappa shape index (κ3) is 4.30. The summed E-state index contributed by atoms with van der Waals surface area (Å²) in [6, 6.07) is 10.1. The van der Waals surface area contributed by atoms with Crippen LogP contribution in [0.3, 0.4) is 0 Å². The zero-order valence-electron chi connectivity index (χ0n) is 15.2. The fourth-order valence-electron chi connectivity index (χ4n) is 3.22. The van der Waals surface area contributed by atoms with Gasteiger partial charge < -0.3 is 9.64 Å². The minimum absolute atomic E-state index is 0.0293. The molecule has 1 saturated heterocycles. The van der Waals surface area contributed by atoms with E-state index in [9.17, 15) is 9.59 Å². The molecule has 0 saturated carbocycles. The second kappa shape index (κ2) is 8.45. The van der Waals surface area contributed by atoms with Gasteiger partial charge in [-0.1, -0.05) is 30.3 Å². The minimum atomic E-state index is -0.140. The summed E-state index contributed by atoms with van der Waals surface area (Å²) in [5, 5.41) is 0.957. The van der Waals surface area contributed by atoms with Crippen LogP contribution in [-0.4, -0.2) is 41.5 Å². The maximum absolute atomic E-state index is 12.9. The molecule has 3 rings (SSSR count). The van der Waals surface area contributed by atoms with Gasteiger partial charge in [0.1, 0.15) is 4.88 Å². The number of rotatable bonds is 5. The molecule has 0 bridgehead atoms. The highest BCUT2D eigenvalue weighted by molar-refractivity contribution is 7.13. The van der Waals surface area contributed by atoms with Crippen molar-refractivity contribution in [3.8, 4) is 0 Å². The summed E-state index contributed by atoms with van der Waals surface area (Å²) in [6.45, 7) is 5.29. The van der Waals surface area contributed by atoms with Crippen LogP contribution in [-0.2, 0) is 16.0 Å². The SMILES string of the molecule is CCOC(=O)C1CCN(C(=O)c2sc(Cc3ccccc3)nc2C)CC1. The molecule has 1 amide bonds. The van der Waals surface area contributed by atoms with Crippen molar-refractivity contribution in [1.82, 2.24) is 9.88 Å². The highest BCUT2D eigenvalue weighted by Gasteiger charge is 2.30. The number of aromatic nitrogens is 1. The summed E-state index contributed by atoms with van der Waals surface area (Å²) in [5.74, 6) is -0.199. The molecule has 1 aliphatic rings. The molecule has 26 heavy (non-hydrogen) atoms. The van der Waals surface area contributed by atoms with Crippen molar-refractivity contribution in [3.05, 3.63) is 51.5 Å². The molecule has 0 spiro atoms. The first-order chi connectivity index (χ1) is 12.6. The van der Waals surface area contributed by atoms with E-state index in [1.165, 1.54) is 16.9 Å². The van der Waals surface area contributed by atoms with E-state index >= 15 is 0 Å². The lowest BCUT2D eigenvalue weighted by Crippen LogP contribution is -2.40. The van der Waals surface area contributed by atoms with Gasteiger partial charge in [0.05, 0.1) is 23.2 Å². The molecule has 0 aliphatic carbocycles. The van der Waals surface area contributed by atoms with Crippen molar-refractivity contribution >= 4 is 23.2 Å². The van der Waals surface area contributed by atoms with E-state index in [0.717, 1.165) is 17.1 Å².